The number of halogens is 3. The van der Waals surface area contributed by atoms with Crippen molar-refractivity contribution < 1.29 is 8.78 Å². The predicted octanol–water partition coefficient (Wildman–Crippen LogP) is 5.47. The minimum Gasteiger partial charge on any atom is -0.366 e. The number of hydrogen-bond donors (Lipinski definition) is 1. The van der Waals surface area contributed by atoms with E-state index in [1.807, 2.05) is 6.21 Å². The van der Waals surface area contributed by atoms with Gasteiger partial charge in [-0.3, -0.25) is 4.99 Å². The zero-order valence-electron chi connectivity index (χ0n) is 17.8. The first-order valence-electron chi connectivity index (χ1n) is 10.9. The van der Waals surface area contributed by atoms with Crippen molar-refractivity contribution in [1.82, 2.24) is 18.9 Å². The second-order valence-electron chi connectivity index (χ2n) is 8.14. The van der Waals surface area contributed by atoms with Crippen LogP contribution in [-0.4, -0.2) is 51.3 Å². The third kappa shape index (κ3) is 5.12. The first-order valence-corrected chi connectivity index (χ1v) is 12.5. The van der Waals surface area contributed by atoms with Crippen molar-refractivity contribution in [3.05, 3.63) is 63.9 Å². The predicted molar refractivity (Wildman–Crippen MR) is 131 cm³/mol. The van der Waals surface area contributed by atoms with Crippen molar-refractivity contribution in [2.24, 2.45) is 4.99 Å². The molecule has 3 aromatic rings. The molecule has 0 aliphatic carbocycles. The topological polar surface area (TPSA) is 57.8 Å². The Labute approximate surface area is 203 Å². The summed E-state index contributed by atoms with van der Waals surface area (Å²) in [7, 11) is 0. The minimum atomic E-state index is -0.562. The zero-order valence-corrected chi connectivity index (χ0v) is 20.2. The van der Waals surface area contributed by atoms with Crippen LogP contribution in [0, 0.1) is 11.6 Å². The monoisotopic (exact) mass is 532 g/mol. The zero-order chi connectivity index (χ0) is 22.8. The number of nitrogens with one attached hydrogen (secondary N) is 1. The minimum absolute atomic E-state index is 0.192. The van der Waals surface area contributed by atoms with Gasteiger partial charge in [0.15, 0.2) is 5.65 Å². The van der Waals surface area contributed by atoms with E-state index in [4.69, 9.17) is 4.98 Å². The van der Waals surface area contributed by atoms with Gasteiger partial charge in [-0.2, -0.15) is 9.61 Å². The Bertz CT molecular complexity index is 1230. The molecule has 2 aliphatic heterocycles. The summed E-state index contributed by atoms with van der Waals surface area (Å²) < 4.78 is 32.2. The number of fused-ring (bicyclic) bond motifs is 1. The summed E-state index contributed by atoms with van der Waals surface area (Å²) in [5, 5.41) is 7.95. The summed E-state index contributed by atoms with van der Waals surface area (Å²) in [5.41, 5.74) is 2.89. The van der Waals surface area contributed by atoms with Crippen molar-refractivity contribution in [3.8, 4) is 0 Å². The third-order valence-corrected chi connectivity index (χ3v) is 7.44. The smallest absolute Gasteiger partial charge is 0.171 e. The molecule has 2 aromatic heterocycles. The van der Waals surface area contributed by atoms with Crippen LogP contribution >= 0.6 is 27.9 Å². The van der Waals surface area contributed by atoms with Crippen LogP contribution in [0.2, 0.25) is 0 Å². The van der Waals surface area contributed by atoms with Crippen LogP contribution in [-0.2, 0) is 0 Å². The number of hydrogen-bond acceptors (Lipinski definition) is 6. The Kier molecular flexibility index (Phi) is 6.75. The maximum absolute atomic E-state index is 14.2. The fraction of sp³-hybridized carbons (Fsp3) is 0.348. The Morgan fingerprint density at radius 2 is 2.15 bits per heavy atom. The molecule has 1 atom stereocenters. The molecule has 0 saturated carbocycles. The number of benzene rings is 1. The number of piperidine rings is 1. The lowest BCUT2D eigenvalue weighted by Crippen LogP contribution is -2.30. The summed E-state index contributed by atoms with van der Waals surface area (Å²) in [6.45, 7) is 3.08. The molecule has 0 bridgehead atoms. The van der Waals surface area contributed by atoms with E-state index in [1.54, 1.807) is 10.7 Å². The van der Waals surface area contributed by atoms with Crippen molar-refractivity contribution in [2.75, 3.05) is 31.5 Å². The molecule has 10 heteroatoms. The van der Waals surface area contributed by atoms with Crippen LogP contribution in [0.3, 0.4) is 0 Å². The average molecular weight is 533 g/mol. The number of anilines is 1. The first-order chi connectivity index (χ1) is 16.1. The quantitative estimate of drug-likeness (QED) is 0.426. The van der Waals surface area contributed by atoms with Crippen LogP contribution < -0.4 is 5.32 Å². The Morgan fingerprint density at radius 3 is 2.97 bits per heavy atom. The molecule has 6 nitrogen and oxygen atoms in total. The Balaban J connectivity index is 1.37. The maximum Gasteiger partial charge on any atom is 0.171 e. The number of rotatable bonds is 6. The summed E-state index contributed by atoms with van der Waals surface area (Å²) in [4.78, 5) is 9.68. The molecule has 1 saturated heterocycles. The number of dihydropyridines is 1. The number of aliphatic imine (C=N–C) groups is 1. The summed E-state index contributed by atoms with van der Waals surface area (Å²) in [6, 6.07) is 5.78. The summed E-state index contributed by atoms with van der Waals surface area (Å²) in [6.07, 6.45) is 8.79. The van der Waals surface area contributed by atoms with E-state index in [2.05, 4.69) is 47.8 Å². The third-order valence-electron chi connectivity index (χ3n) is 5.77. The van der Waals surface area contributed by atoms with Crippen molar-refractivity contribution in [3.63, 3.8) is 0 Å². The van der Waals surface area contributed by atoms with Crippen LogP contribution in [0.1, 0.15) is 30.9 Å². The van der Waals surface area contributed by atoms with Crippen LogP contribution in [0.5, 0.6) is 0 Å². The van der Waals surface area contributed by atoms with Crippen molar-refractivity contribution in [2.45, 2.75) is 30.1 Å². The van der Waals surface area contributed by atoms with E-state index in [1.165, 1.54) is 24.1 Å². The molecule has 1 N–H and O–H groups in total. The van der Waals surface area contributed by atoms with Crippen LogP contribution in [0.4, 0.5) is 14.6 Å². The molecule has 0 spiro atoms. The van der Waals surface area contributed by atoms with Gasteiger partial charge in [-0.25, -0.2) is 18.1 Å². The maximum atomic E-state index is 14.2. The fourth-order valence-corrected chi connectivity index (χ4v) is 5.49. The van der Waals surface area contributed by atoms with Crippen molar-refractivity contribution >= 4 is 45.6 Å². The van der Waals surface area contributed by atoms with Crippen LogP contribution in [0.25, 0.3) is 5.65 Å². The molecular weight excluding hydrogens is 510 g/mol. The van der Waals surface area contributed by atoms with Gasteiger partial charge in [0, 0.05) is 50.4 Å². The second kappa shape index (κ2) is 9.90. The molecule has 2 aliphatic rings. The molecule has 172 valence electrons. The normalized spacial score (nSPS) is 19.1. The molecular formula is C23H23BrF2N6S. The SMILES string of the molecule is Fc1ccc(SN2CCCC(c3cc(NCC4=CCCN=C4)n4ncc(Br)c4n3)C2)c(F)c1. The molecule has 0 radical (unpaired) electrons. The van der Waals surface area contributed by atoms with Gasteiger partial charge in [0.2, 0.25) is 0 Å². The van der Waals surface area contributed by atoms with E-state index in [-0.39, 0.29) is 5.92 Å². The molecule has 0 amide bonds. The second-order valence-corrected chi connectivity index (χ2v) is 10.1. The van der Waals surface area contributed by atoms with E-state index in [9.17, 15) is 8.78 Å². The van der Waals surface area contributed by atoms with Gasteiger partial charge >= 0.3 is 0 Å². The van der Waals surface area contributed by atoms with Crippen molar-refractivity contribution in [1.29, 1.82) is 0 Å². The lowest BCUT2D eigenvalue weighted by Gasteiger charge is -2.31. The van der Waals surface area contributed by atoms with E-state index in [0.717, 1.165) is 72.2 Å². The summed E-state index contributed by atoms with van der Waals surface area (Å²) in [5.74, 6) is -0.0306. The van der Waals surface area contributed by atoms with Crippen LogP contribution in [0.15, 0.2) is 56.5 Å². The van der Waals surface area contributed by atoms with E-state index in [0.29, 0.717) is 11.4 Å². The summed E-state index contributed by atoms with van der Waals surface area (Å²) >= 11 is 4.90. The molecule has 1 aromatic carbocycles. The molecule has 1 fully saturated rings. The highest BCUT2D eigenvalue weighted by Gasteiger charge is 2.25. The largest absolute Gasteiger partial charge is 0.366 e. The van der Waals surface area contributed by atoms with Gasteiger partial charge in [0.1, 0.15) is 17.5 Å². The van der Waals surface area contributed by atoms with Gasteiger partial charge in [0.25, 0.3) is 0 Å². The van der Waals surface area contributed by atoms with Gasteiger partial charge in [0.05, 0.1) is 21.3 Å². The highest BCUT2D eigenvalue weighted by molar-refractivity contribution is 9.10. The fourth-order valence-electron chi connectivity index (χ4n) is 4.11. The first kappa shape index (κ1) is 22.5. The van der Waals surface area contributed by atoms with E-state index < -0.39 is 11.6 Å². The highest BCUT2D eigenvalue weighted by atomic mass is 79.9. The number of aromatic nitrogens is 3. The molecule has 4 heterocycles. The molecule has 1 unspecified atom stereocenters. The van der Waals surface area contributed by atoms with Gasteiger partial charge in [-0.1, -0.05) is 6.08 Å². The lowest BCUT2D eigenvalue weighted by atomic mass is 9.96. The number of nitrogens with zero attached hydrogens (tertiary/aromatic N) is 5. The van der Waals surface area contributed by atoms with Gasteiger partial charge < -0.3 is 5.32 Å². The molecule has 5 rings (SSSR count). The standard InChI is InChI=1S/C23H23BrF2N6S/c24-18-13-29-32-22(28-12-15-3-1-7-27-11-15)10-20(30-23(18)32)16-4-2-8-31(14-16)33-21-6-5-17(25)9-19(21)26/h3,5-6,9-11,13,16,28H,1-2,4,7-8,12,14H2. The Morgan fingerprint density at radius 1 is 1.24 bits per heavy atom. The Hall–Kier alpha value is -2.30. The van der Waals surface area contributed by atoms with Gasteiger partial charge in [-0.05, 0) is 64.8 Å². The average Bonchev–Trinajstić information content (AvgIpc) is 3.21. The van der Waals surface area contributed by atoms with E-state index >= 15 is 0 Å². The molecule has 33 heavy (non-hydrogen) atoms. The van der Waals surface area contributed by atoms with Gasteiger partial charge in [-0.15, -0.1) is 0 Å². The highest BCUT2D eigenvalue weighted by Crippen LogP contribution is 2.35. The lowest BCUT2D eigenvalue weighted by molar-refractivity contribution is 0.338.